The van der Waals surface area contributed by atoms with E-state index in [0.717, 1.165) is 32.1 Å². The van der Waals surface area contributed by atoms with Gasteiger partial charge < -0.3 is 25.5 Å². The molecule has 5 nitrogen and oxygen atoms in total. The number of rotatable bonds is 5. The predicted octanol–water partition coefficient (Wildman–Crippen LogP) is 9.65. The molecule has 0 amide bonds. The highest BCUT2D eigenvalue weighted by Crippen LogP contribution is 2.45. The first-order chi connectivity index (χ1) is 20.2. The molecule has 0 aromatic carbocycles. The van der Waals surface area contributed by atoms with Crippen LogP contribution in [0.3, 0.4) is 0 Å². The van der Waals surface area contributed by atoms with E-state index in [9.17, 15) is 25.5 Å². The van der Waals surface area contributed by atoms with Gasteiger partial charge in [-0.3, -0.25) is 0 Å². The maximum absolute atomic E-state index is 9.54. The van der Waals surface area contributed by atoms with Crippen LogP contribution in [0.1, 0.15) is 175 Å². The van der Waals surface area contributed by atoms with Crippen molar-refractivity contribution in [2.24, 2.45) is 59.2 Å². The van der Waals surface area contributed by atoms with E-state index >= 15 is 0 Å². The van der Waals surface area contributed by atoms with Crippen LogP contribution < -0.4 is 0 Å². The fourth-order valence-electron chi connectivity index (χ4n) is 8.90. The topological polar surface area (TPSA) is 101 Å². The van der Waals surface area contributed by atoms with Gasteiger partial charge in [-0.2, -0.15) is 0 Å². The van der Waals surface area contributed by atoms with Crippen molar-refractivity contribution in [2.45, 2.75) is 203 Å². The molecule has 10 atom stereocenters. The molecule has 0 aliphatic heterocycles. The van der Waals surface area contributed by atoms with Crippen molar-refractivity contribution in [1.82, 2.24) is 0 Å². The summed E-state index contributed by atoms with van der Waals surface area (Å²) in [6.45, 7) is 31.5. The van der Waals surface area contributed by atoms with Crippen LogP contribution in [0.25, 0.3) is 0 Å². The summed E-state index contributed by atoms with van der Waals surface area (Å²) in [5.74, 6) is 6.00. The van der Waals surface area contributed by atoms with Crippen molar-refractivity contribution in [3.05, 3.63) is 0 Å². The number of aliphatic hydroxyl groups is 5. The lowest BCUT2D eigenvalue weighted by Gasteiger charge is -2.45. The second kappa shape index (κ2) is 17.6. The summed E-state index contributed by atoms with van der Waals surface area (Å²) >= 11 is 0. The van der Waals surface area contributed by atoms with E-state index < -0.39 is 0 Å². The number of hydrogen-bond acceptors (Lipinski definition) is 5. The monoisotopic (exact) mass is 657 g/mol. The van der Waals surface area contributed by atoms with Gasteiger partial charge in [0.1, 0.15) is 0 Å². The van der Waals surface area contributed by atoms with Crippen molar-refractivity contribution < 1.29 is 25.5 Å². The molecule has 2 unspecified atom stereocenters. The molecule has 5 fully saturated rings. The molecule has 5 N–H and O–H groups in total. The highest BCUT2D eigenvalue weighted by Gasteiger charge is 2.45. The minimum atomic E-state index is -0.339. The zero-order valence-corrected chi connectivity index (χ0v) is 32.6. The van der Waals surface area contributed by atoms with Gasteiger partial charge in [-0.1, -0.05) is 76.7 Å². The summed E-state index contributed by atoms with van der Waals surface area (Å²) in [4.78, 5) is 0. The third-order valence-corrected chi connectivity index (χ3v) is 12.8. The first-order valence-electron chi connectivity index (χ1n) is 18.8. The van der Waals surface area contributed by atoms with Gasteiger partial charge in [-0.15, -0.1) is 0 Å². The molecular formula is C41H84O5. The van der Waals surface area contributed by atoms with Gasteiger partial charge in [0.15, 0.2) is 0 Å². The molecule has 5 aliphatic carbocycles. The van der Waals surface area contributed by atoms with E-state index in [1.807, 2.05) is 34.6 Å². The minimum absolute atomic E-state index is 0. The Morgan fingerprint density at radius 1 is 0.326 bits per heavy atom. The summed E-state index contributed by atoms with van der Waals surface area (Å²) in [5, 5.41) is 47.7. The van der Waals surface area contributed by atoms with Gasteiger partial charge in [0, 0.05) is 0 Å². The Kier molecular flexibility index (Phi) is 17.6. The maximum Gasteiger partial charge on any atom is 0.0650 e. The average molecular weight is 657 g/mol. The minimum Gasteiger partial charge on any atom is -0.390 e. The standard InChI is InChI=1S/5C8H16O.CH4/c5*1-6(2)7-4-5-8(7,3)9;/h5*6-7,9H,4-5H2,1-3H3;1H4/t2*7-,8+;2*7-,8-;;/m1010../s1. The molecule has 5 saturated carbocycles. The predicted molar refractivity (Wildman–Crippen MR) is 198 cm³/mol. The molecule has 46 heavy (non-hydrogen) atoms. The Balaban J connectivity index is 0.000000547. The molecule has 5 rings (SSSR count). The van der Waals surface area contributed by atoms with Crippen molar-refractivity contribution in [2.75, 3.05) is 0 Å². The van der Waals surface area contributed by atoms with E-state index in [0.29, 0.717) is 59.2 Å². The van der Waals surface area contributed by atoms with Gasteiger partial charge in [0.2, 0.25) is 0 Å². The molecule has 0 heterocycles. The maximum atomic E-state index is 9.54. The van der Waals surface area contributed by atoms with Gasteiger partial charge >= 0.3 is 0 Å². The zero-order valence-electron chi connectivity index (χ0n) is 32.6. The molecule has 278 valence electrons. The Labute approximate surface area is 287 Å². The average Bonchev–Trinajstić information content (AvgIpc) is 2.81. The summed E-state index contributed by atoms with van der Waals surface area (Å²) in [6.07, 6.45) is 11.0. The van der Waals surface area contributed by atoms with Crippen LogP contribution in [0.15, 0.2) is 0 Å². The molecule has 0 spiro atoms. The fraction of sp³-hybridized carbons (Fsp3) is 1.00. The summed E-state index contributed by atoms with van der Waals surface area (Å²) in [5.41, 5.74) is -1.70. The first-order valence-corrected chi connectivity index (χ1v) is 18.8. The Hall–Kier alpha value is -0.200. The highest BCUT2D eigenvalue weighted by atomic mass is 16.3. The lowest BCUT2D eigenvalue weighted by atomic mass is 9.65. The van der Waals surface area contributed by atoms with Crippen molar-refractivity contribution in [3.63, 3.8) is 0 Å². The summed E-state index contributed by atoms with van der Waals surface area (Å²) in [6, 6.07) is 0. The molecule has 0 aromatic heterocycles. The zero-order chi connectivity index (χ0) is 35.3. The largest absolute Gasteiger partial charge is 0.390 e. The SMILES string of the molecule is C.CC(C)C1CCC1(C)O.CC(C)[C@@H]1CC[C@@]1(C)O.CC(C)[C@@H]1CC[C@]1(C)O.CC(C)[C@H]1CC[C@@]1(C)O.CC(C)[C@H]1CC[C@]1(C)O. The van der Waals surface area contributed by atoms with E-state index in [2.05, 4.69) is 69.2 Å². The Bertz CT molecular complexity index is 688. The molecule has 0 saturated heterocycles. The molecule has 0 bridgehead atoms. The summed E-state index contributed by atoms with van der Waals surface area (Å²) < 4.78 is 0. The van der Waals surface area contributed by atoms with Gasteiger partial charge in [-0.05, 0) is 158 Å². The van der Waals surface area contributed by atoms with Crippen molar-refractivity contribution >= 4 is 0 Å². The van der Waals surface area contributed by atoms with Crippen LogP contribution in [0.2, 0.25) is 0 Å². The van der Waals surface area contributed by atoms with E-state index in [-0.39, 0.29) is 35.4 Å². The van der Waals surface area contributed by atoms with E-state index in [4.69, 9.17) is 0 Å². The van der Waals surface area contributed by atoms with Crippen LogP contribution in [-0.4, -0.2) is 53.5 Å². The van der Waals surface area contributed by atoms with Gasteiger partial charge in [-0.25, -0.2) is 0 Å². The Morgan fingerprint density at radius 3 is 0.435 bits per heavy atom. The van der Waals surface area contributed by atoms with Crippen LogP contribution in [0.4, 0.5) is 0 Å². The highest BCUT2D eigenvalue weighted by molar-refractivity contribution is 4.96. The summed E-state index contributed by atoms with van der Waals surface area (Å²) in [7, 11) is 0. The molecular weight excluding hydrogens is 572 g/mol. The molecule has 0 aromatic rings. The van der Waals surface area contributed by atoms with E-state index in [1.165, 1.54) is 32.1 Å². The lowest BCUT2D eigenvalue weighted by molar-refractivity contribution is -0.0974. The van der Waals surface area contributed by atoms with Crippen LogP contribution in [0.5, 0.6) is 0 Å². The molecule has 0 radical (unpaired) electrons. The lowest BCUT2D eigenvalue weighted by Crippen LogP contribution is -2.46. The normalized spacial score (nSPS) is 42.1. The fourth-order valence-corrected chi connectivity index (χ4v) is 8.90. The third kappa shape index (κ3) is 12.6. The van der Waals surface area contributed by atoms with Crippen LogP contribution in [0, 0.1) is 59.2 Å². The van der Waals surface area contributed by atoms with Gasteiger partial charge in [0.05, 0.1) is 28.0 Å². The smallest absolute Gasteiger partial charge is 0.0650 e. The second-order valence-electron chi connectivity index (χ2n) is 18.7. The van der Waals surface area contributed by atoms with Crippen molar-refractivity contribution in [3.8, 4) is 0 Å². The number of hydrogen-bond donors (Lipinski definition) is 5. The molecule has 5 aliphatic rings. The third-order valence-electron chi connectivity index (χ3n) is 12.8. The first kappa shape index (κ1) is 45.8. The van der Waals surface area contributed by atoms with Crippen LogP contribution >= 0.6 is 0 Å². The van der Waals surface area contributed by atoms with E-state index in [1.54, 1.807) is 0 Å². The van der Waals surface area contributed by atoms with Crippen molar-refractivity contribution in [1.29, 1.82) is 0 Å². The Morgan fingerprint density at radius 2 is 0.435 bits per heavy atom. The van der Waals surface area contributed by atoms with Gasteiger partial charge in [0.25, 0.3) is 0 Å². The van der Waals surface area contributed by atoms with Crippen LogP contribution in [-0.2, 0) is 0 Å². The second-order valence-corrected chi connectivity index (χ2v) is 18.7. The quantitative estimate of drug-likeness (QED) is 0.203. The molecule has 5 heteroatoms.